The number of carbonyl (C=O) groups excluding carboxylic acids is 1. The Morgan fingerprint density at radius 3 is 2.36 bits per heavy atom. The highest BCUT2D eigenvalue weighted by Gasteiger charge is 2.26. The Labute approximate surface area is 171 Å². The molecule has 0 radical (unpaired) electrons. The highest BCUT2D eigenvalue weighted by Crippen LogP contribution is 2.27. The Bertz CT molecular complexity index is 785. The van der Waals surface area contributed by atoms with Crippen molar-refractivity contribution in [2.75, 3.05) is 27.2 Å². The number of nitrogens with one attached hydrogen (secondary N) is 1. The van der Waals surface area contributed by atoms with Crippen LogP contribution in [0.5, 0.6) is 0 Å². The van der Waals surface area contributed by atoms with Gasteiger partial charge in [0, 0.05) is 36.5 Å². The maximum atomic E-state index is 11.7. The summed E-state index contributed by atoms with van der Waals surface area (Å²) < 4.78 is 4.86. The number of piperidine rings is 1. The molecule has 1 heterocycles. The van der Waals surface area contributed by atoms with Gasteiger partial charge in [-0.25, -0.2) is 0 Å². The van der Waals surface area contributed by atoms with Gasteiger partial charge in [0.05, 0.1) is 13.0 Å². The minimum absolute atomic E-state index is 0.00835. The van der Waals surface area contributed by atoms with Crippen LogP contribution in [0.15, 0.2) is 69.4 Å². The molecule has 0 bridgehead atoms. The smallest absolute Gasteiger partial charge is 0.308 e. The first-order valence-corrected chi connectivity index (χ1v) is 10.4. The van der Waals surface area contributed by atoms with E-state index in [0.29, 0.717) is 0 Å². The van der Waals surface area contributed by atoms with Crippen LogP contribution in [0.25, 0.3) is 0 Å². The molecule has 0 saturated carbocycles. The first-order chi connectivity index (χ1) is 13.7. The Hall–Kier alpha value is -2.47. The molecule has 1 aliphatic heterocycles. The lowest BCUT2D eigenvalue weighted by Crippen LogP contribution is -2.46. The van der Waals surface area contributed by atoms with Crippen LogP contribution < -0.4 is 5.32 Å². The summed E-state index contributed by atoms with van der Waals surface area (Å²) >= 11 is 1.76. The lowest BCUT2D eigenvalue weighted by molar-refractivity contribution is -0.146. The largest absolute Gasteiger partial charge is 0.469 e. The monoisotopic (exact) mass is 397 g/mol. The standard InChI is InChI=1S/C22H27N3O2S/c1-23-22(25-14-12-18(13-15-25)21(26)27-2)24-16-17-8-10-20(11-9-17)28-19-6-4-3-5-7-19/h3-11,18H,12-16H2,1-2H3,(H,23,24). The molecule has 0 aliphatic carbocycles. The van der Waals surface area contributed by atoms with Gasteiger partial charge in [0.15, 0.2) is 5.96 Å². The van der Waals surface area contributed by atoms with Gasteiger partial charge in [0.25, 0.3) is 0 Å². The van der Waals surface area contributed by atoms with Gasteiger partial charge in [-0.05, 0) is 42.7 Å². The van der Waals surface area contributed by atoms with Gasteiger partial charge in [-0.3, -0.25) is 9.79 Å². The van der Waals surface area contributed by atoms with E-state index in [9.17, 15) is 4.79 Å². The second-order valence-corrected chi connectivity index (χ2v) is 7.89. The molecule has 0 spiro atoms. The summed E-state index contributed by atoms with van der Waals surface area (Å²) in [5.74, 6) is 0.788. The van der Waals surface area contributed by atoms with Crippen molar-refractivity contribution in [1.29, 1.82) is 0 Å². The minimum Gasteiger partial charge on any atom is -0.469 e. The molecule has 1 saturated heterocycles. The zero-order valence-corrected chi connectivity index (χ0v) is 17.2. The van der Waals surface area contributed by atoms with E-state index in [1.54, 1.807) is 18.8 Å². The quantitative estimate of drug-likeness (QED) is 0.472. The van der Waals surface area contributed by atoms with Crippen LogP contribution >= 0.6 is 11.8 Å². The predicted octanol–water partition coefficient (Wildman–Crippen LogP) is 3.80. The Morgan fingerprint density at radius 2 is 1.75 bits per heavy atom. The van der Waals surface area contributed by atoms with Crippen LogP contribution in [-0.2, 0) is 16.1 Å². The fourth-order valence-electron chi connectivity index (χ4n) is 3.31. The number of ether oxygens (including phenoxy) is 1. The molecular formula is C22H27N3O2S. The zero-order chi connectivity index (χ0) is 19.8. The Kier molecular flexibility index (Phi) is 7.37. The molecule has 1 aliphatic rings. The molecule has 0 aromatic heterocycles. The van der Waals surface area contributed by atoms with Gasteiger partial charge in [-0.15, -0.1) is 0 Å². The maximum absolute atomic E-state index is 11.7. The summed E-state index contributed by atoms with van der Waals surface area (Å²) in [6.45, 7) is 2.35. The van der Waals surface area contributed by atoms with Crippen molar-refractivity contribution in [2.45, 2.75) is 29.2 Å². The van der Waals surface area contributed by atoms with Crippen LogP contribution in [0.2, 0.25) is 0 Å². The molecule has 148 valence electrons. The number of hydrogen-bond donors (Lipinski definition) is 1. The number of aliphatic imine (C=N–C) groups is 1. The van der Waals surface area contributed by atoms with E-state index in [2.05, 4.69) is 63.7 Å². The number of carbonyl (C=O) groups is 1. The molecule has 0 unspecified atom stereocenters. The number of esters is 1. The summed E-state index contributed by atoms with van der Waals surface area (Å²) in [6.07, 6.45) is 1.61. The van der Waals surface area contributed by atoms with Crippen molar-refractivity contribution < 1.29 is 9.53 Å². The molecule has 5 nitrogen and oxygen atoms in total. The molecular weight excluding hydrogens is 370 g/mol. The van der Waals surface area contributed by atoms with E-state index < -0.39 is 0 Å². The summed E-state index contributed by atoms with van der Waals surface area (Å²) in [5, 5.41) is 3.44. The first kappa shape index (κ1) is 20.3. The average Bonchev–Trinajstić information content (AvgIpc) is 2.76. The van der Waals surface area contributed by atoms with Gasteiger partial charge in [0.1, 0.15) is 0 Å². The third kappa shape index (κ3) is 5.52. The van der Waals surface area contributed by atoms with Crippen LogP contribution in [0.4, 0.5) is 0 Å². The van der Waals surface area contributed by atoms with Crippen molar-refractivity contribution in [1.82, 2.24) is 10.2 Å². The number of nitrogens with zero attached hydrogens (tertiary/aromatic N) is 2. The second-order valence-electron chi connectivity index (χ2n) is 6.74. The average molecular weight is 398 g/mol. The van der Waals surface area contributed by atoms with E-state index >= 15 is 0 Å². The number of hydrogen-bond acceptors (Lipinski definition) is 4. The van der Waals surface area contributed by atoms with Crippen molar-refractivity contribution in [2.24, 2.45) is 10.9 Å². The molecule has 1 fully saturated rings. The molecule has 0 amide bonds. The number of guanidine groups is 1. The number of methoxy groups -OCH3 is 1. The van der Waals surface area contributed by atoms with Crippen molar-refractivity contribution in [3.8, 4) is 0 Å². The van der Waals surface area contributed by atoms with Gasteiger partial charge < -0.3 is 15.0 Å². The van der Waals surface area contributed by atoms with Crippen molar-refractivity contribution in [3.05, 3.63) is 60.2 Å². The van der Waals surface area contributed by atoms with Gasteiger partial charge in [0.2, 0.25) is 0 Å². The summed E-state index contributed by atoms with van der Waals surface area (Å²) in [5.41, 5.74) is 1.21. The maximum Gasteiger partial charge on any atom is 0.308 e. The van der Waals surface area contributed by atoms with E-state index in [1.165, 1.54) is 22.5 Å². The molecule has 3 rings (SSSR count). The highest BCUT2D eigenvalue weighted by atomic mass is 32.2. The fourth-order valence-corrected chi connectivity index (χ4v) is 4.14. The van der Waals surface area contributed by atoms with Gasteiger partial charge in [-0.2, -0.15) is 0 Å². The molecule has 2 aromatic carbocycles. The van der Waals surface area contributed by atoms with E-state index in [0.717, 1.165) is 38.4 Å². The summed E-state index contributed by atoms with van der Waals surface area (Å²) in [6, 6.07) is 19.0. The Morgan fingerprint density at radius 1 is 1.11 bits per heavy atom. The Balaban J connectivity index is 1.49. The molecule has 6 heteroatoms. The van der Waals surface area contributed by atoms with E-state index in [4.69, 9.17) is 4.74 Å². The fraction of sp³-hybridized carbons (Fsp3) is 0.364. The van der Waals surface area contributed by atoms with Crippen LogP contribution in [0, 0.1) is 5.92 Å². The lowest BCUT2D eigenvalue weighted by atomic mass is 9.97. The first-order valence-electron chi connectivity index (χ1n) is 9.55. The minimum atomic E-state index is -0.101. The molecule has 1 N–H and O–H groups in total. The third-order valence-electron chi connectivity index (χ3n) is 4.89. The number of likely N-dealkylation sites (tertiary alicyclic amines) is 1. The van der Waals surface area contributed by atoms with Crippen LogP contribution in [-0.4, -0.2) is 44.1 Å². The zero-order valence-electron chi connectivity index (χ0n) is 16.4. The molecule has 0 atom stereocenters. The highest BCUT2D eigenvalue weighted by molar-refractivity contribution is 7.99. The molecule has 28 heavy (non-hydrogen) atoms. The second kappa shape index (κ2) is 10.2. The van der Waals surface area contributed by atoms with Crippen LogP contribution in [0.1, 0.15) is 18.4 Å². The van der Waals surface area contributed by atoms with Crippen LogP contribution in [0.3, 0.4) is 0 Å². The van der Waals surface area contributed by atoms with Crippen molar-refractivity contribution in [3.63, 3.8) is 0 Å². The van der Waals surface area contributed by atoms with Gasteiger partial charge in [-0.1, -0.05) is 42.1 Å². The SMILES string of the molecule is CN=C(NCc1ccc(Sc2ccccc2)cc1)N1CCC(C(=O)OC)CC1. The van der Waals surface area contributed by atoms with E-state index in [1.807, 2.05) is 6.07 Å². The predicted molar refractivity (Wildman–Crippen MR) is 114 cm³/mol. The van der Waals surface area contributed by atoms with E-state index in [-0.39, 0.29) is 11.9 Å². The number of benzene rings is 2. The van der Waals surface area contributed by atoms with Crippen molar-refractivity contribution >= 4 is 23.7 Å². The topological polar surface area (TPSA) is 53.9 Å². The van der Waals surface area contributed by atoms with Gasteiger partial charge >= 0.3 is 5.97 Å². The third-order valence-corrected chi connectivity index (χ3v) is 5.91. The number of rotatable bonds is 5. The normalized spacial score (nSPS) is 15.4. The summed E-state index contributed by atoms with van der Waals surface area (Å²) in [7, 11) is 3.26. The summed E-state index contributed by atoms with van der Waals surface area (Å²) in [4.78, 5) is 20.8. The lowest BCUT2D eigenvalue weighted by Gasteiger charge is -2.33. The molecule has 2 aromatic rings.